The van der Waals surface area contributed by atoms with Crippen LogP contribution in [0.5, 0.6) is 0 Å². The lowest BCUT2D eigenvalue weighted by molar-refractivity contribution is -0.114. The van der Waals surface area contributed by atoms with Gasteiger partial charge in [-0.3, -0.25) is 9.59 Å². The molecule has 1 heterocycles. The molecule has 0 saturated heterocycles. The van der Waals surface area contributed by atoms with Gasteiger partial charge in [-0.15, -0.1) is 0 Å². The summed E-state index contributed by atoms with van der Waals surface area (Å²) in [5.74, 6) is -0.631. The van der Waals surface area contributed by atoms with E-state index in [0.717, 1.165) is 14.5 Å². The molecule has 0 bridgehead atoms. The lowest BCUT2D eigenvalue weighted by atomic mass is 10.2. The zero-order valence-electron chi connectivity index (χ0n) is 16.3. The minimum Gasteiger partial charge on any atom is -0.326 e. The van der Waals surface area contributed by atoms with Gasteiger partial charge < -0.3 is 9.88 Å². The third kappa shape index (κ3) is 4.29. The van der Waals surface area contributed by atoms with Crippen molar-refractivity contribution in [2.45, 2.75) is 11.8 Å². The van der Waals surface area contributed by atoms with E-state index >= 15 is 0 Å². The van der Waals surface area contributed by atoms with Crippen LogP contribution in [0.2, 0.25) is 0 Å². The van der Waals surface area contributed by atoms with Gasteiger partial charge in [0, 0.05) is 39.3 Å². The molecule has 1 N–H and O–H groups in total. The fraction of sp³-hybridized carbons (Fsp3) is 0.211. The van der Waals surface area contributed by atoms with Crippen molar-refractivity contribution in [3.63, 3.8) is 0 Å². The highest BCUT2D eigenvalue weighted by molar-refractivity contribution is 7.89. The summed E-state index contributed by atoms with van der Waals surface area (Å²) in [5, 5.41) is 2.73. The van der Waals surface area contributed by atoms with E-state index in [1.54, 1.807) is 17.7 Å². The summed E-state index contributed by atoms with van der Waals surface area (Å²) in [6, 6.07) is 11.1. The summed E-state index contributed by atoms with van der Waals surface area (Å²) < 4.78 is 28.0. The van der Waals surface area contributed by atoms with Gasteiger partial charge in [0.15, 0.2) is 4.80 Å². The first-order valence-electron chi connectivity index (χ1n) is 8.58. The largest absolute Gasteiger partial charge is 0.326 e. The number of aromatic nitrogens is 1. The number of nitrogens with one attached hydrogen (secondary N) is 1. The molecule has 2 aromatic carbocycles. The number of carbonyl (C=O) groups is 2. The van der Waals surface area contributed by atoms with E-state index in [9.17, 15) is 18.0 Å². The highest BCUT2D eigenvalue weighted by Gasteiger charge is 2.17. The van der Waals surface area contributed by atoms with Crippen LogP contribution in [0.4, 0.5) is 5.69 Å². The van der Waals surface area contributed by atoms with Gasteiger partial charge in [0.1, 0.15) is 0 Å². The van der Waals surface area contributed by atoms with Gasteiger partial charge in [0.2, 0.25) is 15.9 Å². The first-order valence-corrected chi connectivity index (χ1v) is 10.8. The van der Waals surface area contributed by atoms with Crippen LogP contribution in [0.25, 0.3) is 10.2 Å². The Balaban J connectivity index is 1.95. The molecule has 29 heavy (non-hydrogen) atoms. The fourth-order valence-corrected chi connectivity index (χ4v) is 4.61. The number of rotatable bonds is 4. The predicted octanol–water partition coefficient (Wildman–Crippen LogP) is 2.19. The van der Waals surface area contributed by atoms with Crippen LogP contribution >= 0.6 is 11.3 Å². The topological polar surface area (TPSA) is 101 Å². The Bertz CT molecular complexity index is 1270. The quantitative estimate of drug-likeness (QED) is 0.683. The van der Waals surface area contributed by atoms with Gasteiger partial charge in [-0.2, -0.15) is 4.99 Å². The molecule has 0 aliphatic carbocycles. The molecule has 3 aromatic rings. The van der Waals surface area contributed by atoms with Crippen molar-refractivity contribution in [3.05, 3.63) is 52.8 Å². The third-order valence-corrected chi connectivity index (χ3v) is 7.13. The Labute approximate surface area is 172 Å². The minimum atomic E-state index is -3.56. The van der Waals surface area contributed by atoms with Crippen LogP contribution in [0.3, 0.4) is 0 Å². The molecule has 8 nitrogen and oxygen atoms in total. The van der Waals surface area contributed by atoms with Crippen molar-refractivity contribution in [1.29, 1.82) is 0 Å². The standard InChI is InChI=1S/C19H20N4O4S2/c1-12(24)20-14-7-10-16-17(11-14)28-19(23(16)4)21-18(25)13-5-8-15(9-6-13)29(26,27)22(2)3/h5-11H,1-4H3,(H,20,24). The van der Waals surface area contributed by atoms with Crippen molar-refractivity contribution < 1.29 is 18.0 Å². The molecule has 10 heteroatoms. The van der Waals surface area contributed by atoms with Crippen molar-refractivity contribution in [2.24, 2.45) is 12.0 Å². The Morgan fingerprint density at radius 3 is 2.34 bits per heavy atom. The Morgan fingerprint density at radius 1 is 1.10 bits per heavy atom. The maximum Gasteiger partial charge on any atom is 0.279 e. The second-order valence-corrected chi connectivity index (χ2v) is 9.70. The molecule has 0 aliphatic heterocycles. The maximum atomic E-state index is 12.6. The normalized spacial score (nSPS) is 12.5. The summed E-state index contributed by atoms with van der Waals surface area (Å²) >= 11 is 1.32. The number of anilines is 1. The molecule has 0 radical (unpaired) electrons. The first kappa shape index (κ1) is 20.9. The molecule has 3 rings (SSSR count). The van der Waals surface area contributed by atoms with Gasteiger partial charge in [-0.1, -0.05) is 11.3 Å². The summed E-state index contributed by atoms with van der Waals surface area (Å²) in [5.41, 5.74) is 1.84. The molecule has 0 unspecified atom stereocenters. The number of aryl methyl sites for hydroxylation is 1. The number of amides is 2. The van der Waals surface area contributed by atoms with Crippen molar-refractivity contribution in [2.75, 3.05) is 19.4 Å². The second kappa shape index (κ2) is 7.90. The molecule has 152 valence electrons. The SMILES string of the molecule is CC(=O)Nc1ccc2c(c1)sc(=NC(=O)c1ccc(S(=O)(=O)N(C)C)cc1)n2C. The average molecular weight is 433 g/mol. The van der Waals surface area contributed by atoms with Crippen LogP contribution in [0, 0.1) is 0 Å². The molecule has 2 amide bonds. The summed E-state index contributed by atoms with van der Waals surface area (Å²) in [6.07, 6.45) is 0. The summed E-state index contributed by atoms with van der Waals surface area (Å²) in [7, 11) is 1.14. The van der Waals surface area contributed by atoms with E-state index in [1.807, 2.05) is 12.1 Å². The van der Waals surface area contributed by atoms with Crippen LogP contribution in [0.1, 0.15) is 17.3 Å². The number of hydrogen-bond acceptors (Lipinski definition) is 5. The molecular weight excluding hydrogens is 412 g/mol. The second-order valence-electron chi connectivity index (χ2n) is 6.54. The lowest BCUT2D eigenvalue weighted by Crippen LogP contribution is -2.22. The smallest absolute Gasteiger partial charge is 0.279 e. The van der Waals surface area contributed by atoms with Gasteiger partial charge >= 0.3 is 0 Å². The number of sulfonamides is 1. The van der Waals surface area contributed by atoms with Gasteiger partial charge in [-0.25, -0.2) is 12.7 Å². The minimum absolute atomic E-state index is 0.108. The molecule has 0 spiro atoms. The highest BCUT2D eigenvalue weighted by atomic mass is 32.2. The molecule has 0 saturated carbocycles. The van der Waals surface area contributed by atoms with Gasteiger partial charge in [0.05, 0.1) is 15.1 Å². The number of fused-ring (bicyclic) bond motifs is 1. The summed E-state index contributed by atoms with van der Waals surface area (Å²) in [4.78, 5) is 28.6. The first-order chi connectivity index (χ1) is 13.6. The zero-order valence-corrected chi connectivity index (χ0v) is 18.0. The monoisotopic (exact) mass is 432 g/mol. The van der Waals surface area contributed by atoms with E-state index in [-0.39, 0.29) is 10.8 Å². The zero-order chi connectivity index (χ0) is 21.3. The summed E-state index contributed by atoms with van der Waals surface area (Å²) in [6.45, 7) is 1.44. The third-order valence-electron chi connectivity index (χ3n) is 4.21. The molecule has 0 atom stereocenters. The van der Waals surface area contributed by atoms with Gasteiger partial charge in [-0.05, 0) is 42.5 Å². The van der Waals surface area contributed by atoms with E-state index in [1.165, 1.54) is 56.6 Å². The Kier molecular flexibility index (Phi) is 5.69. The van der Waals surface area contributed by atoms with Crippen LogP contribution < -0.4 is 10.1 Å². The van der Waals surface area contributed by atoms with E-state index < -0.39 is 15.9 Å². The molecule has 0 fully saturated rings. The maximum absolute atomic E-state index is 12.6. The Hall–Kier alpha value is -2.82. The number of benzene rings is 2. The van der Waals surface area contributed by atoms with Gasteiger partial charge in [0.25, 0.3) is 5.91 Å². The number of carbonyl (C=O) groups excluding carboxylic acids is 2. The highest BCUT2D eigenvalue weighted by Crippen LogP contribution is 2.21. The molecule has 1 aromatic heterocycles. The number of thiazole rings is 1. The number of hydrogen-bond donors (Lipinski definition) is 1. The Morgan fingerprint density at radius 2 is 1.76 bits per heavy atom. The van der Waals surface area contributed by atoms with E-state index in [0.29, 0.717) is 16.1 Å². The van der Waals surface area contributed by atoms with E-state index in [4.69, 9.17) is 0 Å². The molecular formula is C19H20N4O4S2. The average Bonchev–Trinajstić information content (AvgIpc) is 2.96. The van der Waals surface area contributed by atoms with Crippen molar-refractivity contribution >= 4 is 49.1 Å². The number of nitrogens with zero attached hydrogens (tertiary/aromatic N) is 3. The van der Waals surface area contributed by atoms with Crippen molar-refractivity contribution in [3.8, 4) is 0 Å². The molecule has 0 aliphatic rings. The lowest BCUT2D eigenvalue weighted by Gasteiger charge is -2.11. The van der Waals surface area contributed by atoms with Crippen molar-refractivity contribution in [1.82, 2.24) is 8.87 Å². The fourth-order valence-electron chi connectivity index (χ4n) is 2.65. The van der Waals surface area contributed by atoms with Crippen LogP contribution in [-0.2, 0) is 21.9 Å². The van der Waals surface area contributed by atoms with Crippen LogP contribution in [-0.4, -0.2) is 43.2 Å². The van der Waals surface area contributed by atoms with E-state index in [2.05, 4.69) is 10.3 Å². The predicted molar refractivity (Wildman–Crippen MR) is 112 cm³/mol. The van der Waals surface area contributed by atoms with Crippen LogP contribution in [0.15, 0.2) is 52.4 Å².